The molecule has 0 radical (unpaired) electrons. The van der Waals surface area contributed by atoms with Crippen LogP contribution in [0.15, 0.2) is 6.07 Å². The molecular weight excluding hydrogens is 260 g/mol. The number of hydrogen-bond donors (Lipinski definition) is 1. The first-order chi connectivity index (χ1) is 8.99. The highest BCUT2D eigenvalue weighted by atomic mass is 32.1. The van der Waals surface area contributed by atoms with E-state index in [2.05, 4.69) is 17.9 Å². The molecule has 1 atom stereocenters. The van der Waals surface area contributed by atoms with Crippen LogP contribution >= 0.6 is 11.3 Å². The monoisotopic (exact) mass is 276 g/mol. The van der Waals surface area contributed by atoms with E-state index >= 15 is 0 Å². The van der Waals surface area contributed by atoms with Gasteiger partial charge < -0.3 is 10.0 Å². The fourth-order valence-electron chi connectivity index (χ4n) is 1.55. The van der Waals surface area contributed by atoms with E-state index in [1.165, 1.54) is 11.3 Å². The molecule has 0 fully saturated rings. The lowest BCUT2D eigenvalue weighted by molar-refractivity contribution is 0.0790. The summed E-state index contributed by atoms with van der Waals surface area (Å²) in [4.78, 5) is 15.1. The summed E-state index contributed by atoms with van der Waals surface area (Å²) in [5, 5.41) is 17.4. The summed E-state index contributed by atoms with van der Waals surface area (Å²) >= 11 is 1.31. The lowest BCUT2D eigenvalue weighted by Crippen LogP contribution is -2.30. The number of aliphatic hydroxyl groups is 1. The minimum Gasteiger partial charge on any atom is -0.384 e. The van der Waals surface area contributed by atoms with E-state index in [4.69, 9.17) is 10.4 Å². The van der Waals surface area contributed by atoms with Crippen LogP contribution in [0.25, 0.3) is 0 Å². The Morgan fingerprint density at radius 1 is 1.63 bits per heavy atom. The highest BCUT2D eigenvalue weighted by Gasteiger charge is 2.17. The van der Waals surface area contributed by atoms with Crippen LogP contribution in [0.5, 0.6) is 0 Å². The Bertz CT molecular complexity index is 560. The first-order valence-electron chi connectivity index (χ1n) is 5.84. The predicted molar refractivity (Wildman–Crippen MR) is 74.8 cm³/mol. The molecule has 1 rings (SSSR count). The van der Waals surface area contributed by atoms with Crippen LogP contribution < -0.4 is 0 Å². The van der Waals surface area contributed by atoms with Crippen molar-refractivity contribution in [3.63, 3.8) is 0 Å². The molecule has 1 amide bonds. The van der Waals surface area contributed by atoms with Gasteiger partial charge in [0.2, 0.25) is 0 Å². The van der Waals surface area contributed by atoms with Gasteiger partial charge in [0, 0.05) is 13.6 Å². The van der Waals surface area contributed by atoms with Crippen molar-refractivity contribution in [2.75, 3.05) is 20.2 Å². The van der Waals surface area contributed by atoms with Crippen molar-refractivity contribution in [3.8, 4) is 17.9 Å². The Kier molecular flexibility index (Phi) is 5.57. The molecule has 1 aromatic heterocycles. The minimum atomic E-state index is -0.194. The van der Waals surface area contributed by atoms with Crippen LogP contribution in [0.4, 0.5) is 0 Å². The van der Waals surface area contributed by atoms with Gasteiger partial charge >= 0.3 is 0 Å². The van der Waals surface area contributed by atoms with Crippen LogP contribution in [-0.4, -0.2) is 36.1 Å². The number of rotatable bonds is 3. The molecule has 0 spiro atoms. The average molecular weight is 276 g/mol. The highest BCUT2D eigenvalue weighted by Crippen LogP contribution is 2.22. The molecule has 1 aromatic rings. The molecule has 5 heteroatoms. The number of carbonyl (C=O) groups is 1. The lowest BCUT2D eigenvalue weighted by atomic mass is 10.2. The molecule has 19 heavy (non-hydrogen) atoms. The number of carbonyl (C=O) groups excluding carboxylic acids is 1. The number of nitriles is 1. The first-order valence-corrected chi connectivity index (χ1v) is 6.66. The Hall–Kier alpha value is -1.82. The van der Waals surface area contributed by atoms with E-state index in [-0.39, 0.29) is 18.4 Å². The van der Waals surface area contributed by atoms with Crippen LogP contribution in [0.3, 0.4) is 0 Å². The lowest BCUT2D eigenvalue weighted by Gasteiger charge is -2.17. The molecule has 0 saturated carbocycles. The SMILES string of the molecule is Cc1cc(C(=O)N(C)CC(C)C#N)sc1C#CCO. The largest absolute Gasteiger partial charge is 0.384 e. The van der Waals surface area contributed by atoms with Crippen molar-refractivity contribution in [1.29, 1.82) is 5.26 Å². The van der Waals surface area contributed by atoms with Crippen LogP contribution in [-0.2, 0) is 0 Å². The minimum absolute atomic E-state index is 0.104. The first kappa shape index (κ1) is 15.2. The summed E-state index contributed by atoms with van der Waals surface area (Å²) in [5.41, 5.74) is 0.927. The van der Waals surface area contributed by atoms with Gasteiger partial charge in [-0.2, -0.15) is 5.26 Å². The van der Waals surface area contributed by atoms with Crippen molar-refractivity contribution in [2.24, 2.45) is 5.92 Å². The number of aryl methyl sites for hydroxylation is 1. The summed E-state index contributed by atoms with van der Waals surface area (Å²) in [6.07, 6.45) is 0. The van der Waals surface area contributed by atoms with E-state index in [0.29, 0.717) is 11.4 Å². The summed E-state index contributed by atoms with van der Waals surface area (Å²) in [5.74, 6) is 5.10. The number of nitrogens with zero attached hydrogens (tertiary/aromatic N) is 2. The quantitative estimate of drug-likeness (QED) is 0.853. The van der Waals surface area contributed by atoms with Crippen molar-refractivity contribution in [1.82, 2.24) is 4.90 Å². The Morgan fingerprint density at radius 3 is 2.89 bits per heavy atom. The van der Waals surface area contributed by atoms with Gasteiger partial charge in [0.15, 0.2) is 0 Å². The Morgan fingerprint density at radius 2 is 2.32 bits per heavy atom. The van der Waals surface area contributed by atoms with E-state index in [9.17, 15) is 4.79 Å². The molecule has 0 aliphatic rings. The third-order valence-corrected chi connectivity index (χ3v) is 3.66. The van der Waals surface area contributed by atoms with E-state index in [0.717, 1.165) is 10.4 Å². The van der Waals surface area contributed by atoms with Gasteiger partial charge in [-0.1, -0.05) is 11.8 Å². The zero-order chi connectivity index (χ0) is 14.4. The van der Waals surface area contributed by atoms with Gasteiger partial charge in [-0.3, -0.25) is 4.79 Å². The molecule has 1 heterocycles. The molecular formula is C14H16N2O2S. The number of amides is 1. The third kappa shape index (κ3) is 4.10. The standard InChI is InChI=1S/C14H16N2O2S/c1-10(8-15)9-16(3)14(18)13-7-11(2)12(19-13)5-4-6-17/h7,10,17H,6,9H2,1-3H3. The zero-order valence-corrected chi connectivity index (χ0v) is 12.0. The maximum absolute atomic E-state index is 12.2. The van der Waals surface area contributed by atoms with Crippen LogP contribution in [0.2, 0.25) is 0 Å². The molecule has 0 aliphatic heterocycles. The smallest absolute Gasteiger partial charge is 0.263 e. The van der Waals surface area contributed by atoms with Crippen molar-refractivity contribution < 1.29 is 9.90 Å². The normalized spacial score (nSPS) is 11.1. The number of hydrogen-bond acceptors (Lipinski definition) is 4. The summed E-state index contributed by atoms with van der Waals surface area (Å²) in [6.45, 7) is 3.87. The van der Waals surface area contributed by atoms with Gasteiger partial charge in [0.05, 0.1) is 21.7 Å². The van der Waals surface area contributed by atoms with Crippen molar-refractivity contribution in [3.05, 3.63) is 21.4 Å². The average Bonchev–Trinajstić information content (AvgIpc) is 2.76. The van der Waals surface area contributed by atoms with Crippen molar-refractivity contribution in [2.45, 2.75) is 13.8 Å². The van der Waals surface area contributed by atoms with Gasteiger partial charge in [-0.25, -0.2) is 0 Å². The second-order valence-corrected chi connectivity index (χ2v) is 5.35. The fourth-order valence-corrected chi connectivity index (χ4v) is 2.60. The maximum atomic E-state index is 12.2. The molecule has 0 aliphatic carbocycles. The topological polar surface area (TPSA) is 64.3 Å². The zero-order valence-electron chi connectivity index (χ0n) is 11.2. The molecule has 1 unspecified atom stereocenters. The van der Waals surface area contributed by atoms with E-state index in [1.807, 2.05) is 6.92 Å². The number of aliphatic hydroxyl groups excluding tert-OH is 1. The maximum Gasteiger partial charge on any atom is 0.263 e. The Balaban J connectivity index is 2.86. The fraction of sp³-hybridized carbons (Fsp3) is 0.429. The predicted octanol–water partition coefficient (Wildman–Crippen LogP) is 1.63. The van der Waals surface area contributed by atoms with Crippen molar-refractivity contribution >= 4 is 17.2 Å². The summed E-state index contributed by atoms with van der Waals surface area (Å²) in [6, 6.07) is 3.90. The molecule has 0 aromatic carbocycles. The van der Waals surface area contributed by atoms with E-state index < -0.39 is 0 Å². The molecule has 1 N–H and O–H groups in total. The number of thiophene rings is 1. The third-order valence-electron chi connectivity index (χ3n) is 2.52. The van der Waals surface area contributed by atoms with E-state index in [1.54, 1.807) is 24.9 Å². The highest BCUT2D eigenvalue weighted by molar-refractivity contribution is 7.14. The van der Waals surface area contributed by atoms with Crippen LogP contribution in [0, 0.1) is 36.0 Å². The van der Waals surface area contributed by atoms with Gasteiger partial charge in [-0.05, 0) is 25.5 Å². The molecule has 0 saturated heterocycles. The van der Waals surface area contributed by atoms with Crippen LogP contribution in [0.1, 0.15) is 27.0 Å². The van der Waals surface area contributed by atoms with Gasteiger partial charge in [-0.15, -0.1) is 11.3 Å². The summed E-state index contributed by atoms with van der Waals surface area (Å²) in [7, 11) is 1.68. The second kappa shape index (κ2) is 6.94. The molecule has 100 valence electrons. The second-order valence-electron chi connectivity index (χ2n) is 4.30. The van der Waals surface area contributed by atoms with Gasteiger partial charge in [0.25, 0.3) is 5.91 Å². The Labute approximate surface area is 117 Å². The molecule has 4 nitrogen and oxygen atoms in total. The van der Waals surface area contributed by atoms with Gasteiger partial charge in [0.1, 0.15) is 6.61 Å². The summed E-state index contributed by atoms with van der Waals surface area (Å²) < 4.78 is 0. The molecule has 0 bridgehead atoms.